The molecule has 0 aromatic heterocycles. The number of likely N-dealkylation sites (N-methyl/N-ethyl adjacent to an activating group) is 1. The molecular formula is C28H34ClF3N2O4. The first-order valence-corrected chi connectivity index (χ1v) is 12.8. The second-order valence-corrected chi connectivity index (χ2v) is 9.91. The third-order valence-corrected chi connectivity index (χ3v) is 7.59. The number of benzene rings is 2. The number of aliphatic carboxylic acids is 1. The monoisotopic (exact) mass is 554 g/mol. The van der Waals surface area contributed by atoms with Crippen LogP contribution in [0.5, 0.6) is 5.75 Å². The van der Waals surface area contributed by atoms with Crippen molar-refractivity contribution in [2.24, 2.45) is 0 Å². The van der Waals surface area contributed by atoms with Gasteiger partial charge in [-0.2, -0.15) is 13.2 Å². The molecule has 2 aromatic rings. The summed E-state index contributed by atoms with van der Waals surface area (Å²) in [5, 5.41) is 11.9. The molecule has 4 rings (SSSR count). The maximum Gasteiger partial charge on any atom is 0.416 e. The second kappa shape index (κ2) is 12.4. The van der Waals surface area contributed by atoms with Crippen LogP contribution in [0.3, 0.4) is 0 Å². The maximum atomic E-state index is 13.9. The molecule has 1 atom stereocenters. The van der Waals surface area contributed by atoms with Crippen LogP contribution in [0, 0.1) is 6.92 Å². The first-order chi connectivity index (χ1) is 17.6. The molecule has 0 bridgehead atoms. The zero-order chi connectivity index (χ0) is 26.7. The fourth-order valence-corrected chi connectivity index (χ4v) is 5.52. The lowest BCUT2D eigenvalue weighted by Crippen LogP contribution is -2.40. The van der Waals surface area contributed by atoms with Gasteiger partial charge in [0.15, 0.2) is 0 Å². The Kier molecular flexibility index (Phi) is 9.70. The van der Waals surface area contributed by atoms with Crippen LogP contribution in [-0.4, -0.2) is 36.6 Å². The van der Waals surface area contributed by atoms with E-state index in [1.165, 1.54) is 13.1 Å². The predicted octanol–water partition coefficient (Wildman–Crippen LogP) is 6.01. The van der Waals surface area contributed by atoms with Gasteiger partial charge in [-0.15, -0.1) is 12.4 Å². The highest BCUT2D eigenvalue weighted by molar-refractivity contribution is 5.98. The summed E-state index contributed by atoms with van der Waals surface area (Å²) in [7, 11) is 1.50. The highest BCUT2D eigenvalue weighted by atomic mass is 35.5. The smallest absolute Gasteiger partial charge is 0.416 e. The summed E-state index contributed by atoms with van der Waals surface area (Å²) in [6, 6.07) is 7.06. The fourth-order valence-electron chi connectivity index (χ4n) is 5.52. The predicted molar refractivity (Wildman–Crippen MR) is 141 cm³/mol. The number of hydrogen-bond donors (Lipinski definition) is 2. The molecule has 2 N–H and O–H groups in total. The van der Waals surface area contributed by atoms with E-state index in [1.807, 2.05) is 6.92 Å². The van der Waals surface area contributed by atoms with Crippen LogP contribution < -0.4 is 15.0 Å². The number of carboxylic acids is 1. The van der Waals surface area contributed by atoms with Crippen molar-refractivity contribution in [3.8, 4) is 5.75 Å². The zero-order valence-corrected chi connectivity index (χ0v) is 22.4. The molecule has 1 aliphatic heterocycles. The number of anilines is 1. The standard InChI is InChI=1S/C28H33F3N2O4.ClH/c1-17-20-12-13-33(26(34)15-23(32-2)27(35)36)24(20)10-11-25(17)37-16-18-8-9-21(19-6-4-3-5-7-19)22(14-18)28(29,30)31;/h8-11,14,19,23,32H,3-7,12-13,15-16H2,1-2H3,(H,35,36);1H. The minimum Gasteiger partial charge on any atom is -0.489 e. The summed E-state index contributed by atoms with van der Waals surface area (Å²) in [6.45, 7) is 2.30. The highest BCUT2D eigenvalue weighted by Gasteiger charge is 2.36. The van der Waals surface area contributed by atoms with Crippen LogP contribution in [0.1, 0.15) is 72.3 Å². The van der Waals surface area contributed by atoms with Crippen LogP contribution in [0.4, 0.5) is 18.9 Å². The lowest BCUT2D eigenvalue weighted by atomic mass is 9.81. The van der Waals surface area contributed by atoms with E-state index in [2.05, 4.69) is 5.32 Å². The number of fused-ring (bicyclic) bond motifs is 1. The van der Waals surface area contributed by atoms with Gasteiger partial charge in [0.05, 0.1) is 12.0 Å². The normalized spacial score (nSPS) is 16.5. The summed E-state index contributed by atoms with van der Waals surface area (Å²) in [4.78, 5) is 25.6. The van der Waals surface area contributed by atoms with Crippen molar-refractivity contribution in [3.63, 3.8) is 0 Å². The van der Waals surface area contributed by atoms with E-state index in [0.29, 0.717) is 35.5 Å². The topological polar surface area (TPSA) is 78.9 Å². The van der Waals surface area contributed by atoms with Crippen molar-refractivity contribution in [1.29, 1.82) is 0 Å². The summed E-state index contributed by atoms with van der Waals surface area (Å²) in [6.07, 6.45) is 0.587. The summed E-state index contributed by atoms with van der Waals surface area (Å²) >= 11 is 0. The SMILES string of the molecule is CNC(CC(=O)N1CCc2c1ccc(OCc1ccc(C3CCCCC3)c(C(F)(F)F)c1)c2C)C(=O)O.Cl. The molecule has 2 aliphatic rings. The van der Waals surface area contributed by atoms with Crippen molar-refractivity contribution in [3.05, 3.63) is 58.1 Å². The number of nitrogens with one attached hydrogen (secondary N) is 1. The van der Waals surface area contributed by atoms with E-state index in [1.54, 1.807) is 29.2 Å². The molecule has 38 heavy (non-hydrogen) atoms. The molecule has 1 fully saturated rings. The highest BCUT2D eigenvalue weighted by Crippen LogP contribution is 2.41. The summed E-state index contributed by atoms with van der Waals surface area (Å²) in [5.74, 6) is -0.873. The van der Waals surface area contributed by atoms with Gasteiger partial charge >= 0.3 is 12.1 Å². The van der Waals surface area contributed by atoms with Crippen molar-refractivity contribution < 1.29 is 32.6 Å². The van der Waals surface area contributed by atoms with Crippen LogP contribution in [0.2, 0.25) is 0 Å². The Balaban J connectivity index is 0.00000400. The van der Waals surface area contributed by atoms with Crippen LogP contribution in [0.25, 0.3) is 0 Å². The molecule has 1 aliphatic carbocycles. The van der Waals surface area contributed by atoms with Gasteiger partial charge in [0.2, 0.25) is 5.91 Å². The Morgan fingerprint density at radius 2 is 1.87 bits per heavy atom. The third-order valence-electron chi connectivity index (χ3n) is 7.59. The number of rotatable bonds is 8. The van der Waals surface area contributed by atoms with Gasteiger partial charge < -0.3 is 20.1 Å². The third kappa shape index (κ3) is 6.43. The van der Waals surface area contributed by atoms with Gasteiger partial charge in [-0.3, -0.25) is 9.59 Å². The van der Waals surface area contributed by atoms with Gasteiger partial charge in [0.25, 0.3) is 0 Å². The van der Waals surface area contributed by atoms with Crippen molar-refractivity contribution in [2.75, 3.05) is 18.5 Å². The van der Waals surface area contributed by atoms with Gasteiger partial charge in [-0.05, 0) is 79.6 Å². The summed E-state index contributed by atoms with van der Waals surface area (Å²) in [5.41, 5.74) is 2.73. The Labute approximate surface area is 227 Å². The molecule has 208 valence electrons. The lowest BCUT2D eigenvalue weighted by molar-refractivity contribution is -0.141. The van der Waals surface area contributed by atoms with Crippen LogP contribution in [-0.2, 0) is 28.8 Å². The first-order valence-electron chi connectivity index (χ1n) is 12.8. The summed E-state index contributed by atoms with van der Waals surface area (Å²) < 4.78 is 47.6. The molecule has 10 heteroatoms. The van der Waals surface area contributed by atoms with E-state index in [4.69, 9.17) is 4.74 Å². The van der Waals surface area contributed by atoms with Gasteiger partial charge in [0.1, 0.15) is 18.4 Å². The Morgan fingerprint density at radius 3 is 2.50 bits per heavy atom. The van der Waals surface area contributed by atoms with Crippen LogP contribution in [0.15, 0.2) is 30.3 Å². The Morgan fingerprint density at radius 1 is 1.16 bits per heavy atom. The minimum atomic E-state index is -4.42. The number of carbonyl (C=O) groups is 2. The van der Waals surface area contributed by atoms with Crippen molar-refractivity contribution >= 4 is 30.0 Å². The maximum absolute atomic E-state index is 13.9. The minimum absolute atomic E-state index is 0. The van der Waals surface area contributed by atoms with Gasteiger partial charge in [-0.25, -0.2) is 0 Å². The molecule has 0 spiro atoms. The molecule has 2 aromatic carbocycles. The Bertz CT molecular complexity index is 1170. The van der Waals surface area contributed by atoms with Crippen molar-refractivity contribution in [1.82, 2.24) is 5.32 Å². The molecule has 1 saturated carbocycles. The zero-order valence-electron chi connectivity index (χ0n) is 21.6. The number of nitrogens with zero attached hydrogens (tertiary/aromatic N) is 1. The molecule has 1 unspecified atom stereocenters. The number of alkyl halides is 3. The molecule has 1 heterocycles. The number of hydrogen-bond acceptors (Lipinski definition) is 4. The van der Waals surface area contributed by atoms with E-state index >= 15 is 0 Å². The largest absolute Gasteiger partial charge is 0.489 e. The molecule has 1 amide bonds. The van der Waals surface area contributed by atoms with Crippen molar-refractivity contribution in [2.45, 2.75) is 76.6 Å². The number of halogens is 4. The Hall–Kier alpha value is -2.78. The van der Waals surface area contributed by atoms with Gasteiger partial charge in [-0.1, -0.05) is 31.4 Å². The van der Waals surface area contributed by atoms with E-state index in [0.717, 1.165) is 43.2 Å². The molecule has 6 nitrogen and oxygen atoms in total. The van der Waals surface area contributed by atoms with E-state index in [-0.39, 0.29) is 37.3 Å². The van der Waals surface area contributed by atoms with E-state index < -0.39 is 23.8 Å². The quantitative estimate of drug-likeness (QED) is 0.417. The lowest BCUT2D eigenvalue weighted by Gasteiger charge is -2.25. The molecule has 0 saturated heterocycles. The fraction of sp³-hybridized carbons (Fsp3) is 0.500. The average molecular weight is 555 g/mol. The first kappa shape index (κ1) is 29.8. The molecular weight excluding hydrogens is 521 g/mol. The average Bonchev–Trinajstić information content (AvgIpc) is 3.31. The number of carboxylic acid groups (broad SMARTS) is 1. The second-order valence-electron chi connectivity index (χ2n) is 9.91. The van der Waals surface area contributed by atoms with Gasteiger partial charge in [0, 0.05) is 12.2 Å². The van der Waals surface area contributed by atoms with Crippen LogP contribution >= 0.6 is 12.4 Å². The number of ether oxygens (including phenoxy) is 1. The van der Waals surface area contributed by atoms with E-state index in [9.17, 15) is 27.9 Å². The molecule has 0 radical (unpaired) electrons. The number of carbonyl (C=O) groups excluding carboxylic acids is 1. The number of amides is 1.